The Morgan fingerprint density at radius 1 is 1.23 bits per heavy atom. The molecule has 72 valence electrons. The van der Waals surface area contributed by atoms with Crippen LogP contribution in [0.2, 0.25) is 10.0 Å². The molecular weight excluding hydrogens is 211 g/mol. The Hall–Kier alpha value is -0.440. The fourth-order valence-corrected chi connectivity index (χ4v) is 1.16. The Balaban J connectivity index is 2.59. The fraction of sp³-hybridized carbons (Fsp3) is 0.333. The van der Waals surface area contributed by atoms with E-state index in [0.29, 0.717) is 29.0 Å². The lowest BCUT2D eigenvalue weighted by Gasteiger charge is -2.07. The zero-order valence-corrected chi connectivity index (χ0v) is 8.73. The van der Waals surface area contributed by atoms with E-state index in [2.05, 4.69) is 0 Å². The molecule has 4 heteroatoms. The highest BCUT2D eigenvalue weighted by Gasteiger charge is 2.01. The molecule has 0 saturated carbocycles. The van der Waals surface area contributed by atoms with Crippen LogP contribution in [-0.2, 0) is 4.74 Å². The van der Waals surface area contributed by atoms with E-state index in [0.717, 1.165) is 0 Å². The molecule has 1 rings (SSSR count). The van der Waals surface area contributed by atoms with Crippen LogP contribution in [0.25, 0.3) is 0 Å². The van der Waals surface area contributed by atoms with Gasteiger partial charge in [0, 0.05) is 18.2 Å². The van der Waals surface area contributed by atoms with Gasteiger partial charge in [0.2, 0.25) is 0 Å². The number of methoxy groups -OCH3 is 1. The van der Waals surface area contributed by atoms with Gasteiger partial charge in [0.05, 0.1) is 11.6 Å². The molecule has 0 aliphatic rings. The molecule has 0 heterocycles. The zero-order valence-electron chi connectivity index (χ0n) is 7.22. The second-order valence-electron chi connectivity index (χ2n) is 2.42. The van der Waals surface area contributed by atoms with E-state index in [1.165, 1.54) is 0 Å². The molecule has 0 aliphatic heterocycles. The lowest BCUT2D eigenvalue weighted by Crippen LogP contribution is -2.04. The van der Waals surface area contributed by atoms with Crippen molar-refractivity contribution in [1.82, 2.24) is 0 Å². The van der Waals surface area contributed by atoms with Crippen LogP contribution in [0.3, 0.4) is 0 Å². The van der Waals surface area contributed by atoms with E-state index < -0.39 is 0 Å². The minimum Gasteiger partial charge on any atom is -0.490 e. The average Bonchev–Trinajstić information content (AvgIpc) is 2.11. The van der Waals surface area contributed by atoms with Gasteiger partial charge < -0.3 is 9.47 Å². The summed E-state index contributed by atoms with van der Waals surface area (Å²) in [4.78, 5) is 0. The van der Waals surface area contributed by atoms with Gasteiger partial charge in [-0.2, -0.15) is 0 Å². The van der Waals surface area contributed by atoms with Crippen molar-refractivity contribution in [3.05, 3.63) is 28.2 Å². The van der Waals surface area contributed by atoms with Crippen LogP contribution >= 0.6 is 23.2 Å². The summed E-state index contributed by atoms with van der Waals surface area (Å²) >= 11 is 11.6. The molecule has 0 aliphatic carbocycles. The summed E-state index contributed by atoms with van der Waals surface area (Å²) in [7, 11) is 1.61. The Kier molecular flexibility index (Phi) is 4.36. The molecule has 2 nitrogen and oxygen atoms in total. The van der Waals surface area contributed by atoms with Gasteiger partial charge >= 0.3 is 0 Å². The second-order valence-corrected chi connectivity index (χ2v) is 3.26. The number of benzene rings is 1. The molecule has 0 saturated heterocycles. The molecule has 0 radical (unpaired) electrons. The van der Waals surface area contributed by atoms with Crippen LogP contribution in [0.15, 0.2) is 18.2 Å². The van der Waals surface area contributed by atoms with Gasteiger partial charge in [-0.05, 0) is 12.1 Å². The fourth-order valence-electron chi connectivity index (χ4n) is 0.823. The molecule has 13 heavy (non-hydrogen) atoms. The number of hydrogen-bond donors (Lipinski definition) is 0. The third kappa shape index (κ3) is 3.43. The van der Waals surface area contributed by atoms with Crippen LogP contribution < -0.4 is 4.74 Å². The van der Waals surface area contributed by atoms with Gasteiger partial charge in [0.1, 0.15) is 12.4 Å². The molecule has 0 atom stereocenters. The van der Waals surface area contributed by atoms with E-state index >= 15 is 0 Å². The van der Waals surface area contributed by atoms with E-state index in [1.807, 2.05) is 0 Å². The SMILES string of the molecule is COCCOc1cc(Cl)ccc1Cl. The highest BCUT2D eigenvalue weighted by Crippen LogP contribution is 2.27. The minimum absolute atomic E-state index is 0.469. The van der Waals surface area contributed by atoms with Crippen LogP contribution in [-0.4, -0.2) is 20.3 Å². The van der Waals surface area contributed by atoms with Gasteiger partial charge in [-0.1, -0.05) is 23.2 Å². The first-order valence-corrected chi connectivity index (χ1v) is 4.56. The molecular formula is C9H10Cl2O2. The predicted octanol–water partition coefficient (Wildman–Crippen LogP) is 3.02. The van der Waals surface area contributed by atoms with Crippen LogP contribution in [0.5, 0.6) is 5.75 Å². The van der Waals surface area contributed by atoms with Gasteiger partial charge in [-0.15, -0.1) is 0 Å². The van der Waals surface area contributed by atoms with Crippen molar-refractivity contribution in [2.75, 3.05) is 20.3 Å². The van der Waals surface area contributed by atoms with E-state index in [-0.39, 0.29) is 0 Å². The normalized spacial score (nSPS) is 10.1. The Labute approximate surface area is 87.4 Å². The van der Waals surface area contributed by atoms with Crippen LogP contribution in [0.1, 0.15) is 0 Å². The lowest BCUT2D eigenvalue weighted by atomic mass is 10.3. The van der Waals surface area contributed by atoms with Crippen molar-refractivity contribution in [3.8, 4) is 5.75 Å². The van der Waals surface area contributed by atoms with Crippen molar-refractivity contribution < 1.29 is 9.47 Å². The minimum atomic E-state index is 0.469. The molecule has 0 bridgehead atoms. The quantitative estimate of drug-likeness (QED) is 0.727. The van der Waals surface area contributed by atoms with Crippen molar-refractivity contribution in [3.63, 3.8) is 0 Å². The number of hydrogen-bond acceptors (Lipinski definition) is 2. The second kappa shape index (κ2) is 5.32. The lowest BCUT2D eigenvalue weighted by molar-refractivity contribution is 0.146. The number of ether oxygens (including phenoxy) is 2. The molecule has 1 aromatic rings. The summed E-state index contributed by atoms with van der Waals surface area (Å²) in [6.07, 6.45) is 0. The van der Waals surface area contributed by atoms with E-state index in [9.17, 15) is 0 Å². The molecule has 1 aromatic carbocycles. The first-order valence-electron chi connectivity index (χ1n) is 3.81. The van der Waals surface area contributed by atoms with Crippen molar-refractivity contribution in [2.24, 2.45) is 0 Å². The first-order chi connectivity index (χ1) is 6.24. The smallest absolute Gasteiger partial charge is 0.139 e. The molecule has 0 amide bonds. The Morgan fingerprint density at radius 2 is 2.00 bits per heavy atom. The molecule has 0 spiro atoms. The summed E-state index contributed by atoms with van der Waals surface area (Å²) in [6.45, 7) is 0.999. The highest BCUT2D eigenvalue weighted by molar-refractivity contribution is 6.34. The maximum absolute atomic E-state index is 5.85. The van der Waals surface area contributed by atoms with E-state index in [1.54, 1.807) is 25.3 Å². The van der Waals surface area contributed by atoms with Gasteiger partial charge in [0.25, 0.3) is 0 Å². The third-order valence-electron chi connectivity index (χ3n) is 1.44. The number of rotatable bonds is 4. The van der Waals surface area contributed by atoms with Crippen LogP contribution in [0.4, 0.5) is 0 Å². The van der Waals surface area contributed by atoms with Crippen molar-refractivity contribution in [1.29, 1.82) is 0 Å². The molecule has 0 unspecified atom stereocenters. The monoisotopic (exact) mass is 220 g/mol. The largest absolute Gasteiger partial charge is 0.490 e. The standard InChI is InChI=1S/C9H10Cl2O2/c1-12-4-5-13-9-6-7(10)2-3-8(9)11/h2-3,6H,4-5H2,1H3. The Bertz CT molecular complexity index is 276. The highest BCUT2D eigenvalue weighted by atomic mass is 35.5. The molecule has 0 aromatic heterocycles. The van der Waals surface area contributed by atoms with E-state index in [4.69, 9.17) is 32.7 Å². The average molecular weight is 221 g/mol. The maximum atomic E-state index is 5.85. The maximum Gasteiger partial charge on any atom is 0.139 e. The van der Waals surface area contributed by atoms with Gasteiger partial charge in [-0.25, -0.2) is 0 Å². The van der Waals surface area contributed by atoms with Crippen molar-refractivity contribution >= 4 is 23.2 Å². The summed E-state index contributed by atoms with van der Waals surface area (Å²) in [5.74, 6) is 0.589. The van der Waals surface area contributed by atoms with Crippen LogP contribution in [0, 0.1) is 0 Å². The molecule has 0 N–H and O–H groups in total. The summed E-state index contributed by atoms with van der Waals surface area (Å²) < 4.78 is 10.1. The first kappa shape index (κ1) is 10.6. The zero-order chi connectivity index (χ0) is 9.68. The third-order valence-corrected chi connectivity index (χ3v) is 1.99. The summed E-state index contributed by atoms with van der Waals surface area (Å²) in [6, 6.07) is 5.10. The number of halogens is 2. The topological polar surface area (TPSA) is 18.5 Å². The Morgan fingerprint density at radius 3 is 2.69 bits per heavy atom. The van der Waals surface area contributed by atoms with Gasteiger partial charge in [-0.3, -0.25) is 0 Å². The van der Waals surface area contributed by atoms with Gasteiger partial charge in [0.15, 0.2) is 0 Å². The van der Waals surface area contributed by atoms with Crippen molar-refractivity contribution in [2.45, 2.75) is 0 Å². The molecule has 0 fully saturated rings. The predicted molar refractivity (Wildman–Crippen MR) is 53.8 cm³/mol. The summed E-state index contributed by atoms with van der Waals surface area (Å²) in [5.41, 5.74) is 0. The summed E-state index contributed by atoms with van der Waals surface area (Å²) in [5, 5.41) is 1.16.